The zero-order valence-electron chi connectivity index (χ0n) is 7.99. The third-order valence-corrected chi connectivity index (χ3v) is 2.45. The molecule has 0 N–H and O–H groups in total. The zero-order valence-corrected chi connectivity index (χ0v) is 7.99. The van der Waals surface area contributed by atoms with Crippen LogP contribution in [-0.4, -0.2) is 6.61 Å². The number of benzene rings is 1. The van der Waals surface area contributed by atoms with Gasteiger partial charge in [0.2, 0.25) is 0 Å². The summed E-state index contributed by atoms with van der Waals surface area (Å²) in [6.45, 7) is 3.07. The van der Waals surface area contributed by atoms with Gasteiger partial charge in [0.1, 0.15) is 5.75 Å². The van der Waals surface area contributed by atoms with Crippen molar-refractivity contribution in [3.8, 4) is 5.75 Å². The minimum atomic E-state index is 0.611. The minimum absolute atomic E-state index is 0.611. The Hall–Kier alpha value is -0.980. The molecule has 0 bridgehead atoms. The standard InChI is InChI=1S/C12H15O/c1-2-5-10-8-11-6-3-4-7-12(11)13-9-10/h3-4,6-8,10H,2,5,9H2,1H3. The lowest BCUT2D eigenvalue weighted by Gasteiger charge is -2.24. The highest BCUT2D eigenvalue weighted by atomic mass is 16.5. The summed E-state index contributed by atoms with van der Waals surface area (Å²) in [5.41, 5.74) is 1.26. The molecule has 1 aliphatic rings. The lowest BCUT2D eigenvalue weighted by atomic mass is 9.93. The number of para-hydroxylation sites is 1. The number of fused-ring (bicyclic) bond motifs is 1. The van der Waals surface area contributed by atoms with E-state index in [1.165, 1.54) is 18.4 Å². The summed E-state index contributed by atoms with van der Waals surface area (Å²) < 4.78 is 5.66. The fraction of sp³-hybridized carbons (Fsp3) is 0.417. The third-order valence-electron chi connectivity index (χ3n) is 2.45. The van der Waals surface area contributed by atoms with Crippen LogP contribution < -0.4 is 4.74 Å². The average molecular weight is 175 g/mol. The Morgan fingerprint density at radius 3 is 3.08 bits per heavy atom. The van der Waals surface area contributed by atoms with Gasteiger partial charge in [0, 0.05) is 12.3 Å². The predicted molar refractivity (Wildman–Crippen MR) is 53.7 cm³/mol. The van der Waals surface area contributed by atoms with Gasteiger partial charge in [-0.15, -0.1) is 0 Å². The molecular formula is C12H15O. The third kappa shape index (κ3) is 1.85. The van der Waals surface area contributed by atoms with Gasteiger partial charge in [-0.3, -0.25) is 0 Å². The molecule has 0 amide bonds. The molecule has 2 rings (SSSR count). The second kappa shape index (κ2) is 3.82. The topological polar surface area (TPSA) is 9.23 Å². The highest BCUT2D eigenvalue weighted by molar-refractivity contribution is 5.40. The van der Waals surface area contributed by atoms with E-state index in [-0.39, 0.29) is 0 Å². The monoisotopic (exact) mass is 175 g/mol. The number of rotatable bonds is 2. The molecule has 1 radical (unpaired) electrons. The normalized spacial score (nSPS) is 20.5. The van der Waals surface area contributed by atoms with Crippen molar-refractivity contribution in [3.05, 3.63) is 36.2 Å². The summed E-state index contributed by atoms with van der Waals surface area (Å²) in [7, 11) is 0. The van der Waals surface area contributed by atoms with Crippen molar-refractivity contribution >= 4 is 0 Å². The maximum absolute atomic E-state index is 5.66. The van der Waals surface area contributed by atoms with Crippen LogP contribution in [0, 0.1) is 12.3 Å². The van der Waals surface area contributed by atoms with Crippen molar-refractivity contribution in [2.75, 3.05) is 6.61 Å². The summed E-state index contributed by atoms with van der Waals surface area (Å²) in [4.78, 5) is 0. The molecule has 1 aliphatic heterocycles. The molecule has 1 unspecified atom stereocenters. The summed E-state index contributed by atoms with van der Waals surface area (Å²) in [6, 6.07) is 8.24. The maximum Gasteiger partial charge on any atom is 0.122 e. The van der Waals surface area contributed by atoms with E-state index in [1.54, 1.807) is 0 Å². The van der Waals surface area contributed by atoms with Crippen LogP contribution in [0.15, 0.2) is 24.3 Å². The molecule has 0 saturated heterocycles. The average Bonchev–Trinajstić information content (AvgIpc) is 2.18. The molecule has 1 heteroatoms. The highest BCUT2D eigenvalue weighted by Crippen LogP contribution is 2.30. The van der Waals surface area contributed by atoms with Crippen molar-refractivity contribution in [1.29, 1.82) is 0 Å². The molecule has 13 heavy (non-hydrogen) atoms. The van der Waals surface area contributed by atoms with Crippen molar-refractivity contribution in [1.82, 2.24) is 0 Å². The molecule has 0 aliphatic carbocycles. The fourth-order valence-electron chi connectivity index (χ4n) is 1.79. The van der Waals surface area contributed by atoms with Gasteiger partial charge >= 0.3 is 0 Å². The van der Waals surface area contributed by atoms with Crippen LogP contribution >= 0.6 is 0 Å². The second-order valence-electron chi connectivity index (χ2n) is 3.56. The van der Waals surface area contributed by atoms with Gasteiger partial charge < -0.3 is 4.74 Å². The Morgan fingerprint density at radius 2 is 2.23 bits per heavy atom. The van der Waals surface area contributed by atoms with E-state index in [2.05, 4.69) is 25.5 Å². The summed E-state index contributed by atoms with van der Waals surface area (Å²) in [5.74, 6) is 1.65. The van der Waals surface area contributed by atoms with Crippen molar-refractivity contribution in [2.24, 2.45) is 5.92 Å². The molecule has 1 aromatic carbocycles. The molecule has 1 atom stereocenters. The van der Waals surface area contributed by atoms with Crippen LogP contribution in [0.25, 0.3) is 0 Å². The molecular weight excluding hydrogens is 160 g/mol. The molecule has 0 spiro atoms. The largest absolute Gasteiger partial charge is 0.493 e. The highest BCUT2D eigenvalue weighted by Gasteiger charge is 2.18. The van der Waals surface area contributed by atoms with Gasteiger partial charge in [-0.2, -0.15) is 0 Å². The van der Waals surface area contributed by atoms with Crippen LogP contribution in [0.3, 0.4) is 0 Å². The van der Waals surface area contributed by atoms with Crippen LogP contribution in [0.4, 0.5) is 0 Å². The van der Waals surface area contributed by atoms with Gasteiger partial charge in [-0.05, 0) is 18.1 Å². The number of ether oxygens (including phenoxy) is 1. The van der Waals surface area contributed by atoms with Gasteiger partial charge in [-0.1, -0.05) is 31.5 Å². The first-order valence-corrected chi connectivity index (χ1v) is 4.97. The molecule has 0 aromatic heterocycles. The molecule has 69 valence electrons. The van der Waals surface area contributed by atoms with E-state index in [4.69, 9.17) is 4.74 Å². The lowest BCUT2D eigenvalue weighted by molar-refractivity contribution is 0.242. The van der Waals surface area contributed by atoms with Crippen LogP contribution in [0.5, 0.6) is 5.75 Å². The number of hydrogen-bond donors (Lipinski definition) is 0. The van der Waals surface area contributed by atoms with E-state index in [1.807, 2.05) is 12.1 Å². The lowest BCUT2D eigenvalue weighted by Crippen LogP contribution is -2.18. The second-order valence-corrected chi connectivity index (χ2v) is 3.56. The Kier molecular flexibility index (Phi) is 2.53. The smallest absolute Gasteiger partial charge is 0.122 e. The SMILES string of the molecule is CCCC1[CH]c2ccccc2OC1. The van der Waals surface area contributed by atoms with Crippen molar-refractivity contribution in [3.63, 3.8) is 0 Å². The van der Waals surface area contributed by atoms with E-state index >= 15 is 0 Å². The van der Waals surface area contributed by atoms with Gasteiger partial charge in [-0.25, -0.2) is 0 Å². The minimum Gasteiger partial charge on any atom is -0.493 e. The molecule has 1 nitrogen and oxygen atoms in total. The van der Waals surface area contributed by atoms with Gasteiger partial charge in [0.05, 0.1) is 6.61 Å². The number of hydrogen-bond acceptors (Lipinski definition) is 1. The maximum atomic E-state index is 5.66. The Balaban J connectivity index is 2.11. The van der Waals surface area contributed by atoms with Crippen LogP contribution in [-0.2, 0) is 0 Å². The van der Waals surface area contributed by atoms with E-state index in [0.29, 0.717) is 5.92 Å². The predicted octanol–water partition coefficient (Wildman–Crippen LogP) is 3.05. The first-order chi connectivity index (χ1) is 6.40. The summed E-state index contributed by atoms with van der Waals surface area (Å²) in [6.07, 6.45) is 4.80. The first-order valence-electron chi connectivity index (χ1n) is 4.97. The van der Waals surface area contributed by atoms with Gasteiger partial charge in [0.25, 0.3) is 0 Å². The van der Waals surface area contributed by atoms with Crippen LogP contribution in [0.2, 0.25) is 0 Å². The zero-order chi connectivity index (χ0) is 9.10. The molecule has 1 aromatic rings. The fourth-order valence-corrected chi connectivity index (χ4v) is 1.79. The van der Waals surface area contributed by atoms with E-state index in [0.717, 1.165) is 12.4 Å². The van der Waals surface area contributed by atoms with Crippen LogP contribution in [0.1, 0.15) is 25.3 Å². The van der Waals surface area contributed by atoms with Gasteiger partial charge in [0.15, 0.2) is 0 Å². The van der Waals surface area contributed by atoms with E-state index < -0.39 is 0 Å². The first kappa shape index (κ1) is 8.61. The Labute approximate surface area is 79.7 Å². The van der Waals surface area contributed by atoms with Crippen molar-refractivity contribution < 1.29 is 4.74 Å². The summed E-state index contributed by atoms with van der Waals surface area (Å²) >= 11 is 0. The molecule has 0 fully saturated rings. The Bertz CT molecular complexity index is 280. The molecule has 0 saturated carbocycles. The quantitative estimate of drug-likeness (QED) is 0.671. The summed E-state index contributed by atoms with van der Waals surface area (Å²) in [5, 5.41) is 0. The Morgan fingerprint density at radius 1 is 1.38 bits per heavy atom. The molecule has 1 heterocycles. The van der Waals surface area contributed by atoms with Crippen molar-refractivity contribution in [2.45, 2.75) is 19.8 Å². The van der Waals surface area contributed by atoms with E-state index in [9.17, 15) is 0 Å².